The van der Waals surface area contributed by atoms with E-state index in [2.05, 4.69) is 5.32 Å². The molecule has 0 aliphatic carbocycles. The van der Waals surface area contributed by atoms with Gasteiger partial charge in [-0.15, -0.1) is 0 Å². The van der Waals surface area contributed by atoms with Crippen LogP contribution in [-0.2, 0) is 16.3 Å². The van der Waals surface area contributed by atoms with Crippen molar-refractivity contribution < 1.29 is 13.2 Å². The zero-order valence-corrected chi connectivity index (χ0v) is 14.5. The van der Waals surface area contributed by atoms with Gasteiger partial charge in [-0.25, -0.2) is 8.42 Å². The number of nitrogens with one attached hydrogen (secondary N) is 1. The molecule has 0 heterocycles. The van der Waals surface area contributed by atoms with Crippen molar-refractivity contribution in [2.24, 2.45) is 0 Å². The van der Waals surface area contributed by atoms with Crippen molar-refractivity contribution in [2.75, 3.05) is 18.1 Å². The normalized spacial score (nSPS) is 11.3. The van der Waals surface area contributed by atoms with Gasteiger partial charge >= 0.3 is 0 Å². The molecular formula is C17H18ClNO3S. The summed E-state index contributed by atoms with van der Waals surface area (Å²) in [5, 5.41) is 3.79. The molecule has 122 valence electrons. The summed E-state index contributed by atoms with van der Waals surface area (Å²) < 4.78 is 23.7. The number of hydrogen-bond donors (Lipinski definition) is 1. The largest absolute Gasteiger partial charge is 0.384 e. The van der Waals surface area contributed by atoms with Gasteiger partial charge in [-0.05, 0) is 49.2 Å². The number of rotatable bonds is 6. The van der Waals surface area contributed by atoms with Crippen molar-refractivity contribution in [1.82, 2.24) is 0 Å². The van der Waals surface area contributed by atoms with Gasteiger partial charge in [0, 0.05) is 23.4 Å². The van der Waals surface area contributed by atoms with Crippen LogP contribution in [0.15, 0.2) is 47.4 Å². The van der Waals surface area contributed by atoms with Crippen LogP contribution in [0.1, 0.15) is 22.8 Å². The highest BCUT2D eigenvalue weighted by atomic mass is 35.5. The lowest BCUT2D eigenvalue weighted by atomic mass is 10.1. The second kappa shape index (κ2) is 7.15. The molecule has 0 radical (unpaired) electrons. The van der Waals surface area contributed by atoms with E-state index in [-0.39, 0.29) is 10.7 Å². The van der Waals surface area contributed by atoms with Gasteiger partial charge in [0.2, 0.25) is 0 Å². The summed E-state index contributed by atoms with van der Waals surface area (Å²) >= 11 is 5.85. The third-order valence-corrected chi connectivity index (χ3v) is 4.83. The fourth-order valence-electron chi connectivity index (χ4n) is 2.20. The molecular weight excluding hydrogens is 334 g/mol. The van der Waals surface area contributed by atoms with Crippen LogP contribution < -0.4 is 5.32 Å². The summed E-state index contributed by atoms with van der Waals surface area (Å²) in [5.74, 6) is -0.106. The van der Waals surface area contributed by atoms with Crippen LogP contribution in [0.25, 0.3) is 0 Å². The molecule has 0 bridgehead atoms. The Labute approximate surface area is 141 Å². The Bertz CT molecular complexity index is 814. The Morgan fingerprint density at radius 1 is 1.13 bits per heavy atom. The zero-order valence-electron chi connectivity index (χ0n) is 13.0. The van der Waals surface area contributed by atoms with Gasteiger partial charge in [0.25, 0.3) is 0 Å². The predicted molar refractivity (Wildman–Crippen MR) is 93.2 cm³/mol. The summed E-state index contributed by atoms with van der Waals surface area (Å²) in [6.45, 7) is 2.00. The first kappa shape index (κ1) is 17.5. The Morgan fingerprint density at radius 2 is 1.78 bits per heavy atom. The van der Waals surface area contributed by atoms with E-state index in [1.807, 2.05) is 24.3 Å². The topological polar surface area (TPSA) is 63.2 Å². The second-order valence-electron chi connectivity index (χ2n) is 5.34. The number of carbonyl (C=O) groups excluding carboxylic acids is 1. The van der Waals surface area contributed by atoms with E-state index in [0.717, 1.165) is 11.8 Å². The molecule has 0 aromatic heterocycles. The molecule has 0 aliphatic rings. The van der Waals surface area contributed by atoms with Gasteiger partial charge in [0.15, 0.2) is 15.6 Å². The van der Waals surface area contributed by atoms with Crippen molar-refractivity contribution in [1.29, 1.82) is 0 Å². The molecule has 2 aromatic rings. The summed E-state index contributed by atoms with van der Waals surface area (Å²) in [5.41, 5.74) is 2.02. The molecule has 0 aliphatic heterocycles. The Morgan fingerprint density at radius 3 is 2.35 bits per heavy atom. The number of ketones is 1. The molecule has 0 fully saturated rings. The third kappa shape index (κ3) is 4.81. The molecule has 0 spiro atoms. The van der Waals surface area contributed by atoms with Crippen LogP contribution in [0.3, 0.4) is 0 Å². The fourth-order valence-corrected chi connectivity index (χ4v) is 3.17. The van der Waals surface area contributed by atoms with Gasteiger partial charge < -0.3 is 5.32 Å². The van der Waals surface area contributed by atoms with Gasteiger partial charge in [-0.2, -0.15) is 0 Å². The average Bonchev–Trinajstić information content (AvgIpc) is 2.48. The standard InChI is InChI=1S/C17H18ClNO3S/c1-12(20)14-5-8-17(23(2,21)22)16(11-14)19-10-9-13-3-6-15(18)7-4-13/h3-8,11,19H,9-10H2,1-2H3. The van der Waals surface area contributed by atoms with Crippen molar-refractivity contribution in [3.05, 3.63) is 58.6 Å². The molecule has 0 atom stereocenters. The highest BCUT2D eigenvalue weighted by Crippen LogP contribution is 2.23. The number of sulfone groups is 1. The Kier molecular flexibility index (Phi) is 5.44. The van der Waals surface area contributed by atoms with Crippen LogP contribution in [0, 0.1) is 0 Å². The van der Waals surface area contributed by atoms with E-state index < -0.39 is 9.84 Å². The third-order valence-electron chi connectivity index (χ3n) is 3.43. The first-order chi connectivity index (χ1) is 10.8. The molecule has 4 nitrogen and oxygen atoms in total. The van der Waals surface area contributed by atoms with Crippen LogP contribution in [0.4, 0.5) is 5.69 Å². The van der Waals surface area contributed by atoms with Crippen LogP contribution >= 0.6 is 11.6 Å². The maximum absolute atomic E-state index is 11.9. The van der Waals surface area contributed by atoms with E-state index in [9.17, 15) is 13.2 Å². The minimum atomic E-state index is -3.37. The second-order valence-corrected chi connectivity index (χ2v) is 7.76. The van der Waals surface area contributed by atoms with E-state index in [0.29, 0.717) is 29.2 Å². The summed E-state index contributed by atoms with van der Waals surface area (Å²) in [4.78, 5) is 11.7. The van der Waals surface area contributed by atoms with E-state index in [4.69, 9.17) is 11.6 Å². The first-order valence-electron chi connectivity index (χ1n) is 7.11. The molecule has 2 aromatic carbocycles. The summed E-state index contributed by atoms with van der Waals surface area (Å²) in [6, 6.07) is 12.1. The van der Waals surface area contributed by atoms with E-state index in [1.54, 1.807) is 6.07 Å². The minimum absolute atomic E-state index is 0.106. The van der Waals surface area contributed by atoms with Gasteiger partial charge in [-0.1, -0.05) is 23.7 Å². The molecule has 0 unspecified atom stereocenters. The van der Waals surface area contributed by atoms with E-state index in [1.165, 1.54) is 19.1 Å². The lowest BCUT2D eigenvalue weighted by Crippen LogP contribution is -2.10. The number of halogens is 1. The molecule has 6 heteroatoms. The molecule has 2 rings (SSSR count). The van der Waals surface area contributed by atoms with Gasteiger partial charge in [0.1, 0.15) is 0 Å². The Balaban J connectivity index is 2.18. The van der Waals surface area contributed by atoms with E-state index >= 15 is 0 Å². The van der Waals surface area contributed by atoms with Crippen molar-refractivity contribution in [3.63, 3.8) is 0 Å². The SMILES string of the molecule is CC(=O)c1ccc(S(C)(=O)=O)c(NCCc2ccc(Cl)cc2)c1. The lowest BCUT2D eigenvalue weighted by molar-refractivity contribution is 0.101. The summed E-state index contributed by atoms with van der Waals surface area (Å²) in [7, 11) is -3.37. The molecule has 0 saturated carbocycles. The van der Waals surface area contributed by atoms with Crippen molar-refractivity contribution in [3.8, 4) is 0 Å². The quantitative estimate of drug-likeness (QED) is 0.808. The maximum Gasteiger partial charge on any atom is 0.177 e. The number of Topliss-reactive ketones (excluding diaryl/α,β-unsaturated/α-hetero) is 1. The molecule has 23 heavy (non-hydrogen) atoms. The maximum atomic E-state index is 11.9. The number of carbonyl (C=O) groups is 1. The predicted octanol–water partition coefficient (Wildman–Crippen LogP) is 3.60. The lowest BCUT2D eigenvalue weighted by Gasteiger charge is -2.12. The van der Waals surface area contributed by atoms with Gasteiger partial charge in [0.05, 0.1) is 10.6 Å². The van der Waals surface area contributed by atoms with Crippen molar-refractivity contribution >= 4 is 32.9 Å². The van der Waals surface area contributed by atoms with Crippen LogP contribution in [0.5, 0.6) is 0 Å². The Hall–Kier alpha value is -1.85. The van der Waals surface area contributed by atoms with Gasteiger partial charge in [-0.3, -0.25) is 4.79 Å². The average molecular weight is 352 g/mol. The first-order valence-corrected chi connectivity index (χ1v) is 9.37. The minimum Gasteiger partial charge on any atom is -0.384 e. The molecule has 0 saturated heterocycles. The number of hydrogen-bond acceptors (Lipinski definition) is 4. The molecule has 0 amide bonds. The number of anilines is 1. The smallest absolute Gasteiger partial charge is 0.177 e. The summed E-state index contributed by atoms with van der Waals surface area (Å²) in [6.07, 6.45) is 1.87. The fraction of sp³-hybridized carbons (Fsp3) is 0.235. The monoisotopic (exact) mass is 351 g/mol. The highest BCUT2D eigenvalue weighted by molar-refractivity contribution is 7.90. The van der Waals surface area contributed by atoms with Crippen LogP contribution in [-0.4, -0.2) is 27.0 Å². The van der Waals surface area contributed by atoms with Crippen molar-refractivity contribution in [2.45, 2.75) is 18.2 Å². The zero-order chi connectivity index (χ0) is 17.0. The highest BCUT2D eigenvalue weighted by Gasteiger charge is 2.14. The number of benzene rings is 2. The molecule has 1 N–H and O–H groups in total. The van der Waals surface area contributed by atoms with Crippen LogP contribution in [0.2, 0.25) is 5.02 Å².